The molecular weight excluding hydrogens is 338 g/mol. The maximum absolute atomic E-state index is 12.8. The van der Waals surface area contributed by atoms with Crippen LogP contribution >= 0.6 is 0 Å². The first-order valence-electron chi connectivity index (χ1n) is 8.59. The van der Waals surface area contributed by atoms with E-state index < -0.39 is 16.9 Å². The highest BCUT2D eigenvalue weighted by Gasteiger charge is 2.36. The van der Waals surface area contributed by atoms with Crippen molar-refractivity contribution in [2.24, 2.45) is 0 Å². The lowest BCUT2D eigenvalue weighted by Crippen LogP contribution is -2.46. The molecule has 1 aliphatic heterocycles. The van der Waals surface area contributed by atoms with Gasteiger partial charge in [-0.3, -0.25) is 10.1 Å². The summed E-state index contributed by atoms with van der Waals surface area (Å²) in [5, 5.41) is 13.8. The summed E-state index contributed by atoms with van der Waals surface area (Å²) >= 11 is 0. The van der Waals surface area contributed by atoms with Crippen molar-refractivity contribution < 1.29 is 19.2 Å². The number of ether oxygens (including phenoxy) is 1. The molecule has 8 heteroatoms. The van der Waals surface area contributed by atoms with Crippen LogP contribution < -0.4 is 5.32 Å². The van der Waals surface area contributed by atoms with Crippen LogP contribution in [0, 0.1) is 10.1 Å². The molecule has 0 bridgehead atoms. The van der Waals surface area contributed by atoms with Crippen LogP contribution in [-0.4, -0.2) is 35.0 Å². The molecule has 0 radical (unpaired) electrons. The number of hydrogen-bond acceptors (Lipinski definition) is 5. The number of hydrogen-bond donors (Lipinski definition) is 1. The number of allylic oxidation sites excluding steroid dienone is 1. The molecule has 1 saturated carbocycles. The van der Waals surface area contributed by atoms with E-state index in [1.54, 1.807) is 20.0 Å². The van der Waals surface area contributed by atoms with Crippen molar-refractivity contribution in [3.63, 3.8) is 0 Å². The molecule has 1 N–H and O–H groups in total. The molecule has 0 unspecified atom stereocenters. The Kier molecular flexibility index (Phi) is 4.92. The van der Waals surface area contributed by atoms with E-state index in [0.29, 0.717) is 16.8 Å². The number of nitrogens with zero attached hydrogens (tertiary/aromatic N) is 2. The molecule has 1 fully saturated rings. The lowest BCUT2D eigenvalue weighted by molar-refractivity contribution is -0.384. The Morgan fingerprint density at radius 2 is 2.04 bits per heavy atom. The maximum atomic E-state index is 12.8. The molecule has 0 spiro atoms. The molecule has 1 aromatic rings. The van der Waals surface area contributed by atoms with Gasteiger partial charge < -0.3 is 15.0 Å². The van der Waals surface area contributed by atoms with Crippen molar-refractivity contribution >= 4 is 17.7 Å². The van der Waals surface area contributed by atoms with Crippen molar-refractivity contribution in [1.82, 2.24) is 10.2 Å². The van der Waals surface area contributed by atoms with E-state index in [1.807, 2.05) is 0 Å². The van der Waals surface area contributed by atoms with Crippen molar-refractivity contribution in [3.8, 4) is 0 Å². The number of non-ortho nitro benzene ring substituents is 1. The second-order valence-corrected chi connectivity index (χ2v) is 6.60. The van der Waals surface area contributed by atoms with Crippen LogP contribution in [0.1, 0.15) is 44.2 Å². The number of urea groups is 1. The van der Waals surface area contributed by atoms with E-state index in [9.17, 15) is 19.7 Å². The van der Waals surface area contributed by atoms with Crippen LogP contribution in [0.3, 0.4) is 0 Å². The van der Waals surface area contributed by atoms with Gasteiger partial charge in [0, 0.05) is 24.9 Å². The fourth-order valence-electron chi connectivity index (χ4n) is 3.39. The number of esters is 1. The molecule has 1 heterocycles. The Morgan fingerprint density at radius 3 is 2.69 bits per heavy atom. The van der Waals surface area contributed by atoms with Crippen LogP contribution in [0.2, 0.25) is 0 Å². The Balaban J connectivity index is 1.98. The van der Waals surface area contributed by atoms with Gasteiger partial charge >= 0.3 is 12.0 Å². The van der Waals surface area contributed by atoms with Crippen LogP contribution in [0.15, 0.2) is 35.5 Å². The molecule has 138 valence electrons. The molecule has 2 aliphatic rings. The predicted molar refractivity (Wildman–Crippen MR) is 93.2 cm³/mol. The van der Waals surface area contributed by atoms with Gasteiger partial charge in [0.15, 0.2) is 0 Å². The molecule has 8 nitrogen and oxygen atoms in total. The standard InChI is InChI=1S/C18H21N3O5/c1-11-15(17(22)26-14-8-3-4-9-14)16(19-18(23)20(11)2)12-6-5-7-13(10-12)21(24)25/h5-7,10,14,16H,3-4,8-9H2,1-2H3,(H,19,23)/t16-/m1/s1. The summed E-state index contributed by atoms with van der Waals surface area (Å²) in [7, 11) is 1.57. The Labute approximate surface area is 151 Å². The second kappa shape index (κ2) is 7.15. The Bertz CT molecular complexity index is 783. The number of amides is 2. The molecule has 1 aromatic carbocycles. The minimum atomic E-state index is -0.785. The highest BCUT2D eigenvalue weighted by molar-refractivity contribution is 5.95. The zero-order valence-electron chi connectivity index (χ0n) is 14.7. The lowest BCUT2D eigenvalue weighted by Gasteiger charge is -2.33. The first-order valence-corrected chi connectivity index (χ1v) is 8.59. The van der Waals surface area contributed by atoms with E-state index in [-0.39, 0.29) is 17.8 Å². The number of rotatable bonds is 4. The van der Waals surface area contributed by atoms with Crippen molar-refractivity contribution in [2.75, 3.05) is 7.05 Å². The predicted octanol–water partition coefficient (Wildman–Crippen LogP) is 3.05. The van der Waals surface area contributed by atoms with Gasteiger partial charge in [0.1, 0.15) is 6.10 Å². The summed E-state index contributed by atoms with van der Waals surface area (Å²) in [6.07, 6.45) is 3.61. The highest BCUT2D eigenvalue weighted by Crippen LogP contribution is 2.33. The van der Waals surface area contributed by atoms with Gasteiger partial charge in [-0.25, -0.2) is 9.59 Å². The first kappa shape index (κ1) is 17.9. The van der Waals surface area contributed by atoms with E-state index in [2.05, 4.69) is 5.32 Å². The number of nitro groups is 1. The van der Waals surface area contributed by atoms with Gasteiger partial charge in [-0.15, -0.1) is 0 Å². The quantitative estimate of drug-likeness (QED) is 0.506. The zero-order valence-corrected chi connectivity index (χ0v) is 14.7. The fraction of sp³-hybridized carbons (Fsp3) is 0.444. The zero-order chi connectivity index (χ0) is 18.8. The smallest absolute Gasteiger partial charge is 0.338 e. The summed E-state index contributed by atoms with van der Waals surface area (Å²) in [5.41, 5.74) is 1.16. The average Bonchev–Trinajstić information content (AvgIpc) is 3.12. The van der Waals surface area contributed by atoms with E-state index >= 15 is 0 Å². The number of carbonyl (C=O) groups is 2. The molecule has 0 saturated heterocycles. The van der Waals surface area contributed by atoms with Crippen molar-refractivity contribution in [3.05, 3.63) is 51.2 Å². The lowest BCUT2D eigenvalue weighted by atomic mass is 9.94. The van der Waals surface area contributed by atoms with E-state index in [1.165, 1.54) is 23.1 Å². The largest absolute Gasteiger partial charge is 0.459 e. The van der Waals surface area contributed by atoms with Gasteiger partial charge in [-0.2, -0.15) is 0 Å². The molecule has 1 atom stereocenters. The maximum Gasteiger partial charge on any atom is 0.338 e. The van der Waals surface area contributed by atoms with Gasteiger partial charge in [0.05, 0.1) is 16.5 Å². The topological polar surface area (TPSA) is 102 Å². The summed E-state index contributed by atoms with van der Waals surface area (Å²) in [6.45, 7) is 1.67. The molecule has 0 aromatic heterocycles. The van der Waals surface area contributed by atoms with Gasteiger partial charge in [0.2, 0.25) is 0 Å². The van der Waals surface area contributed by atoms with Gasteiger partial charge in [-0.05, 0) is 38.2 Å². The minimum Gasteiger partial charge on any atom is -0.459 e. The number of benzene rings is 1. The van der Waals surface area contributed by atoms with Crippen LogP contribution in [0.4, 0.5) is 10.5 Å². The minimum absolute atomic E-state index is 0.100. The molecule has 2 amide bonds. The number of nitrogens with one attached hydrogen (secondary N) is 1. The van der Waals surface area contributed by atoms with Crippen LogP contribution in [-0.2, 0) is 9.53 Å². The third-order valence-corrected chi connectivity index (χ3v) is 4.96. The fourth-order valence-corrected chi connectivity index (χ4v) is 3.39. The Hall–Kier alpha value is -2.90. The monoisotopic (exact) mass is 359 g/mol. The average molecular weight is 359 g/mol. The highest BCUT2D eigenvalue weighted by atomic mass is 16.6. The van der Waals surface area contributed by atoms with Gasteiger partial charge in [0.25, 0.3) is 5.69 Å². The molecular formula is C18H21N3O5. The SMILES string of the molecule is CC1=C(C(=O)OC2CCCC2)[C@@H](c2cccc([N+](=O)[O-])c2)NC(=O)N1C. The van der Waals surface area contributed by atoms with E-state index in [4.69, 9.17) is 4.74 Å². The first-order chi connectivity index (χ1) is 12.4. The molecule has 1 aliphatic carbocycles. The van der Waals surface area contributed by atoms with Gasteiger partial charge in [-0.1, -0.05) is 12.1 Å². The number of carbonyl (C=O) groups excluding carboxylic acids is 2. The molecule has 3 rings (SSSR count). The summed E-state index contributed by atoms with van der Waals surface area (Å²) in [6, 6.07) is 4.76. The second-order valence-electron chi connectivity index (χ2n) is 6.60. The molecule has 26 heavy (non-hydrogen) atoms. The number of nitro benzene ring substituents is 1. The van der Waals surface area contributed by atoms with Crippen LogP contribution in [0.25, 0.3) is 0 Å². The van der Waals surface area contributed by atoms with Crippen LogP contribution in [0.5, 0.6) is 0 Å². The summed E-state index contributed by atoms with van der Waals surface area (Å²) in [4.78, 5) is 36.9. The third kappa shape index (κ3) is 3.40. The third-order valence-electron chi connectivity index (χ3n) is 4.96. The van der Waals surface area contributed by atoms with Crippen molar-refractivity contribution in [2.45, 2.75) is 44.8 Å². The summed E-state index contributed by atoms with van der Waals surface area (Å²) < 4.78 is 5.63. The van der Waals surface area contributed by atoms with E-state index in [0.717, 1.165) is 25.7 Å². The summed E-state index contributed by atoms with van der Waals surface area (Å²) in [5.74, 6) is -0.488. The normalized spacial score (nSPS) is 20.9. The Morgan fingerprint density at radius 1 is 1.35 bits per heavy atom. The van der Waals surface area contributed by atoms with Crippen molar-refractivity contribution in [1.29, 1.82) is 0 Å².